The number of rotatable bonds is 4. The maximum Gasteiger partial charge on any atom is 0.225 e. The van der Waals surface area contributed by atoms with Crippen LogP contribution in [0.5, 0.6) is 0 Å². The Morgan fingerprint density at radius 1 is 1.35 bits per heavy atom. The second-order valence-electron chi connectivity index (χ2n) is 5.49. The first-order valence-corrected chi connectivity index (χ1v) is 7.54. The number of para-hydroxylation sites is 1. The quantitative estimate of drug-likeness (QED) is 0.926. The van der Waals surface area contributed by atoms with E-state index in [1.54, 1.807) is 0 Å². The van der Waals surface area contributed by atoms with Crippen LogP contribution in [0.2, 0.25) is 0 Å². The number of anilines is 1. The molecule has 106 valence electrons. The lowest BCUT2D eigenvalue weighted by atomic mass is 9.98. The molecule has 3 rings (SSSR count). The van der Waals surface area contributed by atoms with Crippen LogP contribution in [0.1, 0.15) is 19.8 Å². The topological polar surface area (TPSA) is 41.0 Å². The Morgan fingerprint density at radius 2 is 2.25 bits per heavy atom. The lowest BCUT2D eigenvalue weighted by molar-refractivity contribution is 0.392. The molecule has 0 amide bonds. The van der Waals surface area contributed by atoms with Gasteiger partial charge >= 0.3 is 0 Å². The van der Waals surface area contributed by atoms with E-state index in [0.29, 0.717) is 5.92 Å². The summed E-state index contributed by atoms with van der Waals surface area (Å²) >= 11 is 0. The summed E-state index contributed by atoms with van der Waals surface area (Å²) in [7, 11) is 0. The Morgan fingerprint density at radius 3 is 3.15 bits per heavy atom. The molecule has 4 heteroatoms. The van der Waals surface area contributed by atoms with Crippen molar-refractivity contribution in [1.29, 1.82) is 0 Å². The van der Waals surface area contributed by atoms with E-state index in [1.165, 1.54) is 12.8 Å². The maximum absolute atomic E-state index is 4.71. The third-order valence-corrected chi connectivity index (χ3v) is 3.96. The smallest absolute Gasteiger partial charge is 0.225 e. The zero-order valence-corrected chi connectivity index (χ0v) is 12.0. The van der Waals surface area contributed by atoms with Crippen molar-refractivity contribution < 1.29 is 0 Å². The molecule has 2 aromatic rings. The van der Waals surface area contributed by atoms with E-state index < -0.39 is 0 Å². The van der Waals surface area contributed by atoms with E-state index in [4.69, 9.17) is 4.98 Å². The van der Waals surface area contributed by atoms with Crippen molar-refractivity contribution in [2.45, 2.75) is 19.8 Å². The summed E-state index contributed by atoms with van der Waals surface area (Å²) in [5, 5.41) is 4.56. The first kappa shape index (κ1) is 13.3. The first-order chi connectivity index (χ1) is 9.86. The highest BCUT2D eigenvalue weighted by Gasteiger charge is 2.21. The summed E-state index contributed by atoms with van der Waals surface area (Å²) in [5.41, 5.74) is 1.03. The third-order valence-electron chi connectivity index (χ3n) is 3.96. The van der Waals surface area contributed by atoms with E-state index in [1.807, 2.05) is 18.3 Å². The Labute approximate surface area is 120 Å². The van der Waals surface area contributed by atoms with E-state index in [0.717, 1.165) is 43.0 Å². The predicted octanol–water partition coefficient (Wildman–Crippen LogP) is 2.46. The van der Waals surface area contributed by atoms with Gasteiger partial charge in [0, 0.05) is 24.7 Å². The molecule has 20 heavy (non-hydrogen) atoms. The van der Waals surface area contributed by atoms with Gasteiger partial charge in [0.2, 0.25) is 5.95 Å². The van der Waals surface area contributed by atoms with Gasteiger partial charge in [0.15, 0.2) is 0 Å². The second-order valence-corrected chi connectivity index (χ2v) is 5.49. The normalized spacial score (nSPS) is 19.4. The lowest BCUT2D eigenvalue weighted by Gasteiger charge is -2.32. The number of benzene rings is 1. The van der Waals surface area contributed by atoms with Gasteiger partial charge in [0.25, 0.3) is 0 Å². The second kappa shape index (κ2) is 6.18. The predicted molar refractivity (Wildman–Crippen MR) is 83.0 cm³/mol. The van der Waals surface area contributed by atoms with E-state index >= 15 is 0 Å². The van der Waals surface area contributed by atoms with E-state index in [2.05, 4.69) is 34.3 Å². The van der Waals surface area contributed by atoms with Crippen LogP contribution in [0.3, 0.4) is 0 Å². The summed E-state index contributed by atoms with van der Waals surface area (Å²) in [6.07, 6.45) is 4.47. The number of nitrogens with zero attached hydrogens (tertiary/aromatic N) is 3. The molecule has 4 nitrogen and oxygen atoms in total. The van der Waals surface area contributed by atoms with Crippen molar-refractivity contribution in [3.05, 3.63) is 30.5 Å². The van der Waals surface area contributed by atoms with E-state index in [-0.39, 0.29) is 0 Å². The largest absolute Gasteiger partial charge is 0.340 e. The number of piperidine rings is 1. The van der Waals surface area contributed by atoms with Crippen LogP contribution in [0.25, 0.3) is 10.9 Å². The van der Waals surface area contributed by atoms with Crippen LogP contribution in [0, 0.1) is 5.92 Å². The van der Waals surface area contributed by atoms with Crippen molar-refractivity contribution in [1.82, 2.24) is 15.3 Å². The van der Waals surface area contributed by atoms with Gasteiger partial charge in [-0.2, -0.15) is 0 Å². The number of aromatic nitrogens is 2. The highest BCUT2D eigenvalue weighted by Crippen LogP contribution is 2.21. The van der Waals surface area contributed by atoms with Gasteiger partial charge < -0.3 is 10.2 Å². The standard InChI is InChI=1S/C16H22N4/c1-2-17-10-13-6-5-9-20(12-13)16-18-11-14-7-3-4-8-15(14)19-16/h3-4,7-8,11,13,17H,2,5-6,9-10,12H2,1H3. The Kier molecular flexibility index (Phi) is 4.11. The molecular formula is C16H22N4. The van der Waals surface area contributed by atoms with Gasteiger partial charge in [-0.05, 0) is 37.9 Å². The number of hydrogen-bond donors (Lipinski definition) is 1. The van der Waals surface area contributed by atoms with Crippen LogP contribution >= 0.6 is 0 Å². The van der Waals surface area contributed by atoms with Crippen LogP contribution < -0.4 is 10.2 Å². The summed E-state index contributed by atoms with van der Waals surface area (Å²) < 4.78 is 0. The summed E-state index contributed by atoms with van der Waals surface area (Å²) in [5.74, 6) is 1.59. The number of hydrogen-bond acceptors (Lipinski definition) is 4. The van der Waals surface area contributed by atoms with Gasteiger partial charge in [-0.15, -0.1) is 0 Å². The number of nitrogens with one attached hydrogen (secondary N) is 1. The molecule has 0 bridgehead atoms. The number of fused-ring (bicyclic) bond motifs is 1. The average molecular weight is 270 g/mol. The fourth-order valence-electron chi connectivity index (χ4n) is 2.88. The molecule has 1 saturated heterocycles. The van der Waals surface area contributed by atoms with Crippen LogP contribution in [-0.4, -0.2) is 36.1 Å². The highest BCUT2D eigenvalue weighted by molar-refractivity contribution is 5.78. The van der Waals surface area contributed by atoms with Crippen molar-refractivity contribution in [3.63, 3.8) is 0 Å². The summed E-state index contributed by atoms with van der Waals surface area (Å²) in [6.45, 7) is 6.43. The third kappa shape index (κ3) is 2.90. The first-order valence-electron chi connectivity index (χ1n) is 7.54. The monoisotopic (exact) mass is 270 g/mol. The lowest BCUT2D eigenvalue weighted by Crippen LogP contribution is -2.40. The minimum absolute atomic E-state index is 0.707. The van der Waals surface area contributed by atoms with Crippen LogP contribution in [0.15, 0.2) is 30.5 Å². The molecule has 0 aliphatic carbocycles. The van der Waals surface area contributed by atoms with Crippen molar-refractivity contribution in [3.8, 4) is 0 Å². The van der Waals surface area contributed by atoms with Crippen molar-refractivity contribution in [2.75, 3.05) is 31.1 Å². The fourth-order valence-corrected chi connectivity index (χ4v) is 2.88. The SMILES string of the molecule is CCNCC1CCCN(c2ncc3ccccc3n2)C1. The Bertz CT molecular complexity index is 569. The molecule has 1 N–H and O–H groups in total. The van der Waals surface area contributed by atoms with Crippen molar-refractivity contribution >= 4 is 16.9 Å². The molecule has 1 aromatic carbocycles. The zero-order valence-electron chi connectivity index (χ0n) is 12.0. The molecule has 1 aromatic heterocycles. The van der Waals surface area contributed by atoms with Gasteiger partial charge in [0.1, 0.15) is 0 Å². The summed E-state index contributed by atoms with van der Waals surface area (Å²) in [4.78, 5) is 11.6. The van der Waals surface area contributed by atoms with Crippen LogP contribution in [-0.2, 0) is 0 Å². The minimum Gasteiger partial charge on any atom is -0.340 e. The average Bonchev–Trinajstić information content (AvgIpc) is 2.53. The molecule has 0 radical (unpaired) electrons. The Hall–Kier alpha value is -1.68. The molecular weight excluding hydrogens is 248 g/mol. The zero-order chi connectivity index (χ0) is 13.8. The van der Waals surface area contributed by atoms with Gasteiger partial charge in [-0.1, -0.05) is 25.1 Å². The van der Waals surface area contributed by atoms with E-state index in [9.17, 15) is 0 Å². The molecule has 0 saturated carbocycles. The maximum atomic E-state index is 4.71. The van der Waals surface area contributed by atoms with Gasteiger partial charge in [-0.3, -0.25) is 0 Å². The molecule has 1 aliphatic rings. The summed E-state index contributed by atoms with van der Waals surface area (Å²) in [6, 6.07) is 8.17. The molecule has 1 unspecified atom stereocenters. The minimum atomic E-state index is 0.707. The molecule has 1 aliphatic heterocycles. The van der Waals surface area contributed by atoms with Gasteiger partial charge in [-0.25, -0.2) is 9.97 Å². The fraction of sp³-hybridized carbons (Fsp3) is 0.500. The van der Waals surface area contributed by atoms with Crippen molar-refractivity contribution in [2.24, 2.45) is 5.92 Å². The van der Waals surface area contributed by atoms with Crippen LogP contribution in [0.4, 0.5) is 5.95 Å². The molecule has 1 fully saturated rings. The molecule has 0 spiro atoms. The highest BCUT2D eigenvalue weighted by atomic mass is 15.3. The van der Waals surface area contributed by atoms with Gasteiger partial charge in [0.05, 0.1) is 5.52 Å². The molecule has 2 heterocycles. The molecule has 1 atom stereocenters. The Balaban J connectivity index is 1.76.